The quantitative estimate of drug-likeness (QED) is 0.840. The van der Waals surface area contributed by atoms with Crippen molar-refractivity contribution in [1.29, 1.82) is 5.26 Å². The summed E-state index contributed by atoms with van der Waals surface area (Å²) in [5.41, 5.74) is 0. The number of benzene rings is 1. The van der Waals surface area contributed by atoms with Crippen LogP contribution in [0, 0.1) is 23.2 Å². The van der Waals surface area contributed by atoms with Crippen LogP contribution in [0.25, 0.3) is 0 Å². The molecule has 1 aliphatic carbocycles. The Labute approximate surface area is 131 Å². The van der Waals surface area contributed by atoms with Crippen LogP contribution in [0.2, 0.25) is 0 Å². The lowest BCUT2D eigenvalue weighted by Gasteiger charge is -2.30. The number of rotatable bonds is 5. The topological polar surface area (TPSA) is 87.0 Å². The van der Waals surface area contributed by atoms with Gasteiger partial charge in [0.15, 0.2) is 9.84 Å². The Morgan fingerprint density at radius 2 is 1.91 bits per heavy atom. The summed E-state index contributed by atoms with van der Waals surface area (Å²) in [6.45, 7) is -0.0342. The first-order valence-electron chi connectivity index (χ1n) is 7.47. The first-order valence-corrected chi connectivity index (χ1v) is 9.12. The second kappa shape index (κ2) is 7.41. The molecule has 0 saturated heterocycles. The highest BCUT2D eigenvalue weighted by molar-refractivity contribution is 7.91. The highest BCUT2D eigenvalue weighted by Crippen LogP contribution is 2.32. The molecule has 0 aromatic heterocycles. The monoisotopic (exact) mass is 320 g/mol. The number of nitriles is 1. The summed E-state index contributed by atoms with van der Waals surface area (Å²) in [6, 6.07) is 10.2. The van der Waals surface area contributed by atoms with Crippen LogP contribution in [-0.4, -0.2) is 26.6 Å². The summed E-state index contributed by atoms with van der Waals surface area (Å²) in [5.74, 6) is -0.713. The van der Waals surface area contributed by atoms with Crippen LogP contribution in [0.4, 0.5) is 0 Å². The zero-order valence-electron chi connectivity index (χ0n) is 12.4. The molecule has 0 spiro atoms. The summed E-state index contributed by atoms with van der Waals surface area (Å²) >= 11 is 0. The summed E-state index contributed by atoms with van der Waals surface area (Å²) in [6.07, 6.45) is 3.28. The van der Waals surface area contributed by atoms with Crippen LogP contribution in [-0.2, 0) is 14.6 Å². The molecule has 1 saturated carbocycles. The Bertz CT molecular complexity index is 650. The second-order valence-corrected chi connectivity index (χ2v) is 7.66. The van der Waals surface area contributed by atoms with Crippen molar-refractivity contribution in [3.05, 3.63) is 30.3 Å². The van der Waals surface area contributed by atoms with Crippen LogP contribution in [0.3, 0.4) is 0 Å². The van der Waals surface area contributed by atoms with Crippen molar-refractivity contribution in [2.45, 2.75) is 30.6 Å². The Hall–Kier alpha value is -1.87. The fourth-order valence-electron chi connectivity index (χ4n) is 3.02. The third-order valence-corrected chi connectivity index (χ3v) is 5.98. The molecule has 0 heterocycles. The van der Waals surface area contributed by atoms with Crippen LogP contribution in [0.5, 0.6) is 0 Å². The van der Waals surface area contributed by atoms with E-state index in [9.17, 15) is 13.2 Å². The van der Waals surface area contributed by atoms with Crippen molar-refractivity contribution in [2.24, 2.45) is 11.8 Å². The van der Waals surface area contributed by atoms with Crippen molar-refractivity contribution in [3.8, 4) is 6.07 Å². The van der Waals surface area contributed by atoms with E-state index < -0.39 is 9.84 Å². The standard InChI is InChI=1S/C16H20N2O3S/c17-10-11-18-16(19)15-9-5-4-6-13(15)12-22(20,21)14-7-2-1-3-8-14/h1-3,7-8,13,15H,4-6,9,11-12H2,(H,18,19)/t13-,15+/m0/s1. The summed E-state index contributed by atoms with van der Waals surface area (Å²) < 4.78 is 25.0. The molecule has 0 unspecified atom stereocenters. The number of carbonyl (C=O) groups is 1. The molecule has 1 aromatic rings. The fraction of sp³-hybridized carbons (Fsp3) is 0.500. The van der Waals surface area contributed by atoms with E-state index in [1.807, 2.05) is 6.07 Å². The van der Waals surface area contributed by atoms with Gasteiger partial charge in [0, 0.05) is 5.92 Å². The summed E-state index contributed by atoms with van der Waals surface area (Å²) in [7, 11) is -3.39. The molecule has 5 nitrogen and oxygen atoms in total. The van der Waals surface area contributed by atoms with Crippen molar-refractivity contribution >= 4 is 15.7 Å². The molecule has 2 rings (SSSR count). The molecule has 1 N–H and O–H groups in total. The fourth-order valence-corrected chi connectivity index (χ4v) is 4.74. The average molecular weight is 320 g/mol. The average Bonchev–Trinajstić information content (AvgIpc) is 2.53. The van der Waals surface area contributed by atoms with E-state index >= 15 is 0 Å². The zero-order chi connectivity index (χ0) is 16.0. The van der Waals surface area contributed by atoms with E-state index in [0.717, 1.165) is 19.3 Å². The van der Waals surface area contributed by atoms with E-state index in [1.165, 1.54) is 0 Å². The van der Waals surface area contributed by atoms with Crippen LogP contribution in [0.1, 0.15) is 25.7 Å². The van der Waals surface area contributed by atoms with E-state index in [2.05, 4.69) is 5.32 Å². The van der Waals surface area contributed by atoms with Gasteiger partial charge in [-0.1, -0.05) is 31.0 Å². The minimum atomic E-state index is -3.39. The van der Waals surface area contributed by atoms with E-state index in [-0.39, 0.29) is 30.0 Å². The molecule has 1 aromatic carbocycles. The predicted octanol–water partition coefficient (Wildman–Crippen LogP) is 1.91. The maximum atomic E-state index is 12.5. The van der Waals surface area contributed by atoms with Crippen molar-refractivity contribution in [3.63, 3.8) is 0 Å². The van der Waals surface area contributed by atoms with Gasteiger partial charge in [-0.3, -0.25) is 4.79 Å². The van der Waals surface area contributed by atoms with Crippen LogP contribution in [0.15, 0.2) is 35.2 Å². The predicted molar refractivity (Wildman–Crippen MR) is 82.6 cm³/mol. The zero-order valence-corrected chi connectivity index (χ0v) is 13.2. The molecular formula is C16H20N2O3S. The molecule has 6 heteroatoms. The van der Waals surface area contributed by atoms with Crippen molar-refractivity contribution < 1.29 is 13.2 Å². The van der Waals surface area contributed by atoms with Gasteiger partial charge in [-0.2, -0.15) is 5.26 Å². The number of carbonyl (C=O) groups excluding carboxylic acids is 1. The Kier molecular flexibility index (Phi) is 5.56. The Morgan fingerprint density at radius 1 is 1.23 bits per heavy atom. The number of amides is 1. The minimum absolute atomic E-state index is 0.0122. The smallest absolute Gasteiger partial charge is 0.224 e. The molecule has 1 aliphatic rings. The van der Waals surface area contributed by atoms with Crippen LogP contribution >= 0.6 is 0 Å². The van der Waals surface area contributed by atoms with Crippen molar-refractivity contribution in [1.82, 2.24) is 5.32 Å². The highest BCUT2D eigenvalue weighted by Gasteiger charge is 2.34. The van der Waals surface area contributed by atoms with Gasteiger partial charge in [0.25, 0.3) is 0 Å². The molecule has 0 radical (unpaired) electrons. The molecule has 0 aliphatic heterocycles. The maximum Gasteiger partial charge on any atom is 0.224 e. The molecule has 1 fully saturated rings. The number of hydrogen-bond donors (Lipinski definition) is 1. The maximum absolute atomic E-state index is 12.5. The minimum Gasteiger partial charge on any atom is -0.343 e. The third kappa shape index (κ3) is 4.08. The van der Waals surface area contributed by atoms with Gasteiger partial charge in [0.1, 0.15) is 6.54 Å². The lowest BCUT2D eigenvalue weighted by atomic mass is 9.80. The van der Waals surface area contributed by atoms with Gasteiger partial charge in [0.05, 0.1) is 16.7 Å². The lowest BCUT2D eigenvalue weighted by Crippen LogP contribution is -2.39. The molecule has 118 valence electrons. The van der Waals surface area contributed by atoms with E-state index in [4.69, 9.17) is 5.26 Å². The molecule has 2 atom stereocenters. The molecular weight excluding hydrogens is 300 g/mol. The van der Waals surface area contributed by atoms with Crippen LogP contribution < -0.4 is 5.32 Å². The number of nitrogens with one attached hydrogen (secondary N) is 1. The SMILES string of the molecule is N#CCNC(=O)[C@@H]1CCCC[C@H]1CS(=O)(=O)c1ccccc1. The summed E-state index contributed by atoms with van der Waals surface area (Å²) in [5, 5.41) is 11.1. The van der Waals surface area contributed by atoms with Gasteiger partial charge < -0.3 is 5.32 Å². The number of hydrogen-bond acceptors (Lipinski definition) is 4. The number of nitrogens with zero attached hydrogens (tertiary/aromatic N) is 1. The van der Waals surface area contributed by atoms with Gasteiger partial charge in [-0.15, -0.1) is 0 Å². The number of sulfone groups is 1. The van der Waals surface area contributed by atoms with Gasteiger partial charge in [0.2, 0.25) is 5.91 Å². The third-order valence-electron chi connectivity index (χ3n) is 4.12. The largest absolute Gasteiger partial charge is 0.343 e. The van der Waals surface area contributed by atoms with Crippen molar-refractivity contribution in [2.75, 3.05) is 12.3 Å². The Morgan fingerprint density at radius 3 is 2.59 bits per heavy atom. The highest BCUT2D eigenvalue weighted by atomic mass is 32.2. The first-order chi connectivity index (χ1) is 10.5. The van der Waals surface area contributed by atoms with E-state index in [1.54, 1.807) is 30.3 Å². The normalized spacial score (nSPS) is 21.8. The summed E-state index contributed by atoms with van der Waals surface area (Å²) in [4.78, 5) is 12.4. The van der Waals surface area contributed by atoms with Gasteiger partial charge in [-0.05, 0) is 30.9 Å². The Balaban J connectivity index is 2.12. The lowest BCUT2D eigenvalue weighted by molar-refractivity contribution is -0.127. The molecule has 1 amide bonds. The first kappa shape index (κ1) is 16.5. The van der Waals surface area contributed by atoms with E-state index in [0.29, 0.717) is 11.3 Å². The second-order valence-electron chi connectivity index (χ2n) is 5.62. The van der Waals surface area contributed by atoms with Gasteiger partial charge >= 0.3 is 0 Å². The molecule has 22 heavy (non-hydrogen) atoms. The molecule has 0 bridgehead atoms. The van der Waals surface area contributed by atoms with Gasteiger partial charge in [-0.25, -0.2) is 8.42 Å².